The second-order valence-corrected chi connectivity index (χ2v) is 2.42. The van der Waals surface area contributed by atoms with Crippen LogP contribution in [0.5, 0.6) is 5.75 Å². The lowest BCUT2D eigenvalue weighted by atomic mass is 10.2. The van der Waals surface area contributed by atoms with E-state index in [1.54, 1.807) is 7.11 Å². The average molecular weight is 191 g/mol. The molecule has 0 radical (unpaired) electrons. The highest BCUT2D eigenvalue weighted by atomic mass is 35.5. The van der Waals surface area contributed by atoms with Crippen molar-refractivity contribution in [2.45, 2.75) is 6.16 Å². The van der Waals surface area contributed by atoms with Gasteiger partial charge in [-0.25, -0.2) is 0 Å². The number of ether oxygens (including phenoxy) is 1. The lowest BCUT2D eigenvalue weighted by Gasteiger charge is -2.03. The molecule has 11 heavy (non-hydrogen) atoms. The Bertz CT molecular complexity index is 192. The summed E-state index contributed by atoms with van der Waals surface area (Å²) in [6.07, 6.45) is 0.948. The summed E-state index contributed by atoms with van der Waals surface area (Å²) in [5, 5.41) is 0. The minimum absolute atomic E-state index is 0. The summed E-state index contributed by atoms with van der Waals surface area (Å²) >= 11 is 0. The van der Waals surface area contributed by atoms with E-state index in [9.17, 15) is 0 Å². The summed E-state index contributed by atoms with van der Waals surface area (Å²) in [5.41, 5.74) is 1.23. The van der Waals surface area contributed by atoms with Crippen LogP contribution in [0.25, 0.3) is 0 Å². The second kappa shape index (κ2) is 5.40. The lowest BCUT2D eigenvalue weighted by molar-refractivity contribution is 0.411. The van der Waals surface area contributed by atoms with Gasteiger partial charge in [-0.1, -0.05) is 18.2 Å². The van der Waals surface area contributed by atoms with Crippen LogP contribution in [-0.4, -0.2) is 7.11 Å². The molecule has 0 fully saturated rings. The Kier molecular flexibility index (Phi) is 5.27. The molecular weight excluding hydrogens is 179 g/mol. The van der Waals surface area contributed by atoms with Crippen LogP contribution in [0.2, 0.25) is 0 Å². The standard InChI is InChI=1S/C8H11OP.ClH/c1-9-8-5-3-2-4-7(8)6-10;/h2-5H,6,10H2,1H3;1H. The molecular formula is C8H12ClOP. The first-order valence-electron chi connectivity index (χ1n) is 3.20. The first kappa shape index (κ1) is 10.7. The number of hydrogen-bond donors (Lipinski definition) is 0. The zero-order valence-electron chi connectivity index (χ0n) is 6.41. The van der Waals surface area contributed by atoms with Crippen LogP contribution in [-0.2, 0) is 6.16 Å². The van der Waals surface area contributed by atoms with Crippen LogP contribution in [0.1, 0.15) is 5.56 Å². The van der Waals surface area contributed by atoms with E-state index in [2.05, 4.69) is 15.3 Å². The summed E-state index contributed by atoms with van der Waals surface area (Å²) < 4.78 is 5.12. The van der Waals surface area contributed by atoms with Crippen molar-refractivity contribution >= 4 is 21.6 Å². The quantitative estimate of drug-likeness (QED) is 0.651. The highest BCUT2D eigenvalue weighted by molar-refractivity contribution is 7.15. The first-order chi connectivity index (χ1) is 4.88. The molecule has 0 bridgehead atoms. The minimum Gasteiger partial charge on any atom is -0.496 e. The van der Waals surface area contributed by atoms with Crippen LogP contribution >= 0.6 is 21.6 Å². The maximum atomic E-state index is 5.12. The van der Waals surface area contributed by atoms with Gasteiger partial charge in [0.15, 0.2) is 0 Å². The predicted molar refractivity (Wildman–Crippen MR) is 53.7 cm³/mol. The predicted octanol–water partition coefficient (Wildman–Crippen LogP) is 2.49. The summed E-state index contributed by atoms with van der Waals surface area (Å²) in [6.45, 7) is 0. The number of rotatable bonds is 2. The van der Waals surface area contributed by atoms with E-state index in [1.165, 1.54) is 5.56 Å². The molecule has 0 heterocycles. The molecule has 1 aromatic carbocycles. The maximum absolute atomic E-state index is 5.12. The molecule has 0 aromatic heterocycles. The Morgan fingerprint density at radius 2 is 2.00 bits per heavy atom. The third-order valence-electron chi connectivity index (χ3n) is 1.41. The number of halogens is 1. The Balaban J connectivity index is 0.000001000. The van der Waals surface area contributed by atoms with E-state index < -0.39 is 0 Å². The van der Waals surface area contributed by atoms with E-state index in [0.29, 0.717) is 0 Å². The molecule has 0 saturated carbocycles. The van der Waals surface area contributed by atoms with Gasteiger partial charge in [0.2, 0.25) is 0 Å². The molecule has 1 aromatic rings. The van der Waals surface area contributed by atoms with Crippen molar-refractivity contribution in [3.63, 3.8) is 0 Å². The zero-order chi connectivity index (χ0) is 7.40. The molecule has 3 heteroatoms. The van der Waals surface area contributed by atoms with Gasteiger partial charge in [0.1, 0.15) is 5.75 Å². The molecule has 1 nitrogen and oxygen atoms in total. The van der Waals surface area contributed by atoms with Gasteiger partial charge in [0.05, 0.1) is 7.11 Å². The van der Waals surface area contributed by atoms with Crippen LogP contribution < -0.4 is 4.74 Å². The van der Waals surface area contributed by atoms with Gasteiger partial charge in [-0.15, -0.1) is 21.6 Å². The molecule has 0 aliphatic heterocycles. The fraction of sp³-hybridized carbons (Fsp3) is 0.250. The molecule has 0 saturated heterocycles. The Hall–Kier alpha value is -0.260. The molecule has 0 aliphatic carbocycles. The van der Waals surface area contributed by atoms with Crippen molar-refractivity contribution in [3.05, 3.63) is 29.8 Å². The number of benzene rings is 1. The molecule has 0 aliphatic rings. The zero-order valence-corrected chi connectivity index (χ0v) is 8.38. The van der Waals surface area contributed by atoms with Crippen molar-refractivity contribution in [1.29, 1.82) is 0 Å². The molecule has 1 atom stereocenters. The average Bonchev–Trinajstić information content (AvgIpc) is 2.04. The van der Waals surface area contributed by atoms with Crippen LogP contribution in [0, 0.1) is 0 Å². The second-order valence-electron chi connectivity index (χ2n) is 2.02. The molecule has 62 valence electrons. The Morgan fingerprint density at radius 1 is 1.36 bits per heavy atom. The maximum Gasteiger partial charge on any atom is 0.122 e. The van der Waals surface area contributed by atoms with Gasteiger partial charge in [-0.3, -0.25) is 0 Å². The number of hydrogen-bond acceptors (Lipinski definition) is 1. The lowest BCUT2D eigenvalue weighted by Crippen LogP contribution is -1.87. The summed E-state index contributed by atoms with van der Waals surface area (Å²) in [6, 6.07) is 8.02. The largest absolute Gasteiger partial charge is 0.496 e. The van der Waals surface area contributed by atoms with Crippen molar-refractivity contribution in [2.75, 3.05) is 7.11 Å². The van der Waals surface area contributed by atoms with Crippen LogP contribution in [0.15, 0.2) is 24.3 Å². The highest BCUT2D eigenvalue weighted by Gasteiger charge is 1.95. The third kappa shape index (κ3) is 2.69. The van der Waals surface area contributed by atoms with Crippen molar-refractivity contribution in [1.82, 2.24) is 0 Å². The fourth-order valence-corrected chi connectivity index (χ4v) is 1.21. The summed E-state index contributed by atoms with van der Waals surface area (Å²) in [5.74, 6) is 0.970. The molecule has 0 N–H and O–H groups in total. The minimum atomic E-state index is 0. The van der Waals surface area contributed by atoms with Gasteiger partial charge in [-0.05, 0) is 17.8 Å². The topological polar surface area (TPSA) is 9.23 Å². The smallest absolute Gasteiger partial charge is 0.122 e. The third-order valence-corrected chi connectivity index (χ3v) is 1.85. The van der Waals surface area contributed by atoms with Gasteiger partial charge in [0, 0.05) is 0 Å². The highest BCUT2D eigenvalue weighted by Crippen LogP contribution is 2.19. The summed E-state index contributed by atoms with van der Waals surface area (Å²) in [7, 11) is 4.37. The van der Waals surface area contributed by atoms with E-state index in [1.807, 2.05) is 18.2 Å². The SMILES string of the molecule is COc1ccccc1CP.Cl. The van der Waals surface area contributed by atoms with Crippen LogP contribution in [0.4, 0.5) is 0 Å². The van der Waals surface area contributed by atoms with Gasteiger partial charge < -0.3 is 4.74 Å². The molecule has 0 spiro atoms. The van der Waals surface area contributed by atoms with Crippen molar-refractivity contribution in [2.24, 2.45) is 0 Å². The Labute approximate surface area is 75.8 Å². The Morgan fingerprint density at radius 3 is 2.45 bits per heavy atom. The van der Waals surface area contributed by atoms with Crippen molar-refractivity contribution in [3.8, 4) is 5.75 Å². The van der Waals surface area contributed by atoms with E-state index in [-0.39, 0.29) is 12.4 Å². The molecule has 1 rings (SSSR count). The normalized spacial score (nSPS) is 8.55. The van der Waals surface area contributed by atoms with E-state index >= 15 is 0 Å². The van der Waals surface area contributed by atoms with Gasteiger partial charge in [-0.2, -0.15) is 0 Å². The van der Waals surface area contributed by atoms with E-state index in [0.717, 1.165) is 11.9 Å². The number of para-hydroxylation sites is 1. The van der Waals surface area contributed by atoms with E-state index in [4.69, 9.17) is 4.74 Å². The van der Waals surface area contributed by atoms with Gasteiger partial charge in [0.25, 0.3) is 0 Å². The summed E-state index contributed by atoms with van der Waals surface area (Å²) in [4.78, 5) is 0. The molecule has 1 unspecified atom stereocenters. The molecule has 0 amide bonds. The van der Waals surface area contributed by atoms with Crippen molar-refractivity contribution < 1.29 is 4.74 Å². The van der Waals surface area contributed by atoms with Crippen LogP contribution in [0.3, 0.4) is 0 Å². The fourth-order valence-electron chi connectivity index (χ4n) is 0.872. The first-order valence-corrected chi connectivity index (χ1v) is 4.02. The van der Waals surface area contributed by atoms with Gasteiger partial charge >= 0.3 is 0 Å². The monoisotopic (exact) mass is 190 g/mol. The number of methoxy groups -OCH3 is 1.